The van der Waals surface area contributed by atoms with Gasteiger partial charge in [-0.05, 0) is 36.1 Å². The molecule has 2 aromatic rings. The van der Waals surface area contributed by atoms with E-state index in [2.05, 4.69) is 10.6 Å². The molecule has 0 radical (unpaired) electrons. The lowest BCUT2D eigenvalue weighted by Crippen LogP contribution is -2.22. The monoisotopic (exact) mass is 354 g/mol. The summed E-state index contributed by atoms with van der Waals surface area (Å²) in [6.45, 7) is 4.25. The maximum Gasteiger partial charge on any atom is 0.233 e. The van der Waals surface area contributed by atoms with Crippen LogP contribution < -0.4 is 20.1 Å². The Balaban J connectivity index is 1.62. The number of para-hydroxylation sites is 1. The van der Waals surface area contributed by atoms with Crippen LogP contribution in [0.1, 0.15) is 31.4 Å². The van der Waals surface area contributed by atoms with Crippen LogP contribution in [-0.4, -0.2) is 18.6 Å². The average molecular weight is 354 g/mol. The second kappa shape index (κ2) is 7.91. The number of hydrogen-bond donors (Lipinski definition) is 2. The number of nitrogens with one attached hydrogen (secondary N) is 2. The normalized spacial score (nSPS) is 11.9. The molecule has 2 aromatic carbocycles. The van der Waals surface area contributed by atoms with Crippen molar-refractivity contribution in [3.05, 3.63) is 47.5 Å². The summed E-state index contributed by atoms with van der Waals surface area (Å²) in [5.41, 5.74) is 3.51. The van der Waals surface area contributed by atoms with E-state index in [0.717, 1.165) is 29.7 Å². The van der Waals surface area contributed by atoms with Gasteiger partial charge >= 0.3 is 0 Å². The zero-order valence-electron chi connectivity index (χ0n) is 14.9. The third kappa shape index (κ3) is 3.96. The van der Waals surface area contributed by atoms with Gasteiger partial charge in [0.25, 0.3) is 0 Å². The summed E-state index contributed by atoms with van der Waals surface area (Å²) in [6, 6.07) is 11.1. The van der Waals surface area contributed by atoms with Crippen molar-refractivity contribution in [1.29, 1.82) is 0 Å². The van der Waals surface area contributed by atoms with E-state index in [1.54, 1.807) is 18.2 Å². The highest BCUT2D eigenvalue weighted by molar-refractivity contribution is 6.08. The van der Waals surface area contributed by atoms with Gasteiger partial charge < -0.3 is 20.1 Å². The molecule has 6 heteroatoms. The van der Waals surface area contributed by atoms with Crippen LogP contribution >= 0.6 is 0 Å². The van der Waals surface area contributed by atoms with E-state index >= 15 is 0 Å². The topological polar surface area (TPSA) is 76.7 Å². The number of anilines is 2. The zero-order chi connectivity index (χ0) is 18.5. The Hall–Kier alpha value is -3.02. The van der Waals surface area contributed by atoms with E-state index in [0.29, 0.717) is 17.2 Å². The summed E-state index contributed by atoms with van der Waals surface area (Å²) < 4.78 is 10.5. The number of amides is 2. The highest BCUT2D eigenvalue weighted by Crippen LogP contribution is 2.34. The van der Waals surface area contributed by atoms with Gasteiger partial charge in [0.15, 0.2) is 11.5 Å². The molecule has 0 aliphatic carbocycles. The Morgan fingerprint density at radius 2 is 1.58 bits per heavy atom. The standard InChI is InChI=1S/C20H22N2O4/c1-3-13-6-5-7-14(4-2)20(13)22-19(24)11-18(23)21-15-8-9-16-17(10-15)26-12-25-16/h5-10H,3-4,11-12H2,1-2H3,(H,21,23)(H,22,24). The van der Waals surface area contributed by atoms with Crippen LogP contribution in [0.2, 0.25) is 0 Å². The van der Waals surface area contributed by atoms with E-state index in [1.807, 2.05) is 32.0 Å². The number of carbonyl (C=O) groups is 2. The number of carbonyl (C=O) groups excluding carboxylic acids is 2. The Bertz CT molecular complexity index is 810. The molecule has 0 fully saturated rings. The van der Waals surface area contributed by atoms with Gasteiger partial charge in [0.1, 0.15) is 6.42 Å². The van der Waals surface area contributed by atoms with Crippen molar-refractivity contribution in [2.24, 2.45) is 0 Å². The quantitative estimate of drug-likeness (QED) is 0.779. The SMILES string of the molecule is CCc1cccc(CC)c1NC(=O)CC(=O)Nc1ccc2c(c1)OCO2. The van der Waals surface area contributed by atoms with Crippen LogP contribution in [0.15, 0.2) is 36.4 Å². The lowest BCUT2D eigenvalue weighted by Gasteiger charge is -2.14. The van der Waals surface area contributed by atoms with Gasteiger partial charge in [0, 0.05) is 17.4 Å². The van der Waals surface area contributed by atoms with E-state index in [-0.39, 0.29) is 25.0 Å². The van der Waals surface area contributed by atoms with E-state index in [4.69, 9.17) is 9.47 Å². The van der Waals surface area contributed by atoms with Crippen LogP contribution in [-0.2, 0) is 22.4 Å². The minimum absolute atomic E-state index is 0.172. The van der Waals surface area contributed by atoms with Crippen molar-refractivity contribution in [2.75, 3.05) is 17.4 Å². The van der Waals surface area contributed by atoms with Gasteiger partial charge in [-0.1, -0.05) is 32.0 Å². The van der Waals surface area contributed by atoms with Crippen molar-refractivity contribution in [3.8, 4) is 11.5 Å². The van der Waals surface area contributed by atoms with Gasteiger partial charge in [-0.25, -0.2) is 0 Å². The molecule has 0 aromatic heterocycles. The zero-order valence-corrected chi connectivity index (χ0v) is 14.9. The van der Waals surface area contributed by atoms with Crippen LogP contribution in [0.5, 0.6) is 11.5 Å². The molecule has 1 heterocycles. The summed E-state index contributed by atoms with van der Waals surface area (Å²) in [6.07, 6.45) is 1.37. The van der Waals surface area contributed by atoms with Gasteiger partial charge in [-0.3, -0.25) is 9.59 Å². The smallest absolute Gasteiger partial charge is 0.233 e. The molecule has 6 nitrogen and oxygen atoms in total. The molecule has 0 saturated heterocycles. The van der Waals surface area contributed by atoms with Crippen LogP contribution in [0.3, 0.4) is 0 Å². The molecule has 136 valence electrons. The molecule has 0 spiro atoms. The predicted octanol–water partition coefficient (Wildman–Crippen LogP) is 3.51. The Kier molecular flexibility index (Phi) is 5.41. The molecule has 0 saturated carbocycles. The van der Waals surface area contributed by atoms with Gasteiger partial charge in [0.05, 0.1) is 0 Å². The van der Waals surface area contributed by atoms with Crippen LogP contribution in [0.25, 0.3) is 0 Å². The van der Waals surface area contributed by atoms with E-state index in [9.17, 15) is 9.59 Å². The number of aryl methyl sites for hydroxylation is 2. The number of benzene rings is 2. The van der Waals surface area contributed by atoms with Gasteiger partial charge in [0.2, 0.25) is 18.6 Å². The highest BCUT2D eigenvalue weighted by atomic mass is 16.7. The van der Waals surface area contributed by atoms with Gasteiger partial charge in [-0.15, -0.1) is 0 Å². The van der Waals surface area contributed by atoms with Gasteiger partial charge in [-0.2, -0.15) is 0 Å². The summed E-state index contributed by atoms with van der Waals surface area (Å²) in [7, 11) is 0. The first kappa shape index (κ1) is 17.8. The summed E-state index contributed by atoms with van der Waals surface area (Å²) in [4.78, 5) is 24.5. The fourth-order valence-corrected chi connectivity index (χ4v) is 2.91. The third-order valence-electron chi connectivity index (χ3n) is 4.24. The first-order valence-electron chi connectivity index (χ1n) is 8.70. The lowest BCUT2D eigenvalue weighted by atomic mass is 10.0. The Morgan fingerprint density at radius 1 is 0.923 bits per heavy atom. The van der Waals surface area contributed by atoms with Crippen molar-refractivity contribution >= 4 is 23.2 Å². The maximum absolute atomic E-state index is 12.3. The summed E-state index contributed by atoms with van der Waals surface area (Å²) >= 11 is 0. The average Bonchev–Trinajstić information content (AvgIpc) is 3.09. The van der Waals surface area contributed by atoms with Crippen molar-refractivity contribution < 1.29 is 19.1 Å². The molecular formula is C20H22N2O4. The second-order valence-electron chi connectivity index (χ2n) is 6.00. The minimum Gasteiger partial charge on any atom is -0.454 e. The fourth-order valence-electron chi connectivity index (χ4n) is 2.91. The van der Waals surface area contributed by atoms with Crippen LogP contribution in [0, 0.1) is 0 Å². The maximum atomic E-state index is 12.3. The molecule has 26 heavy (non-hydrogen) atoms. The molecule has 2 N–H and O–H groups in total. The van der Waals surface area contributed by atoms with Crippen molar-refractivity contribution in [2.45, 2.75) is 33.1 Å². The van der Waals surface area contributed by atoms with Crippen LogP contribution in [0.4, 0.5) is 11.4 Å². The first-order chi connectivity index (χ1) is 12.6. The predicted molar refractivity (Wildman–Crippen MR) is 99.6 cm³/mol. The van der Waals surface area contributed by atoms with E-state index in [1.165, 1.54) is 0 Å². The molecule has 0 bridgehead atoms. The molecule has 0 unspecified atom stereocenters. The number of ether oxygens (including phenoxy) is 2. The summed E-state index contributed by atoms with van der Waals surface area (Å²) in [5, 5.41) is 5.61. The largest absolute Gasteiger partial charge is 0.454 e. The molecule has 0 atom stereocenters. The molecule has 1 aliphatic heterocycles. The third-order valence-corrected chi connectivity index (χ3v) is 4.24. The molecule has 3 rings (SSSR count). The number of fused-ring (bicyclic) bond motifs is 1. The first-order valence-corrected chi connectivity index (χ1v) is 8.70. The van der Waals surface area contributed by atoms with Crippen molar-refractivity contribution in [3.63, 3.8) is 0 Å². The number of hydrogen-bond acceptors (Lipinski definition) is 4. The summed E-state index contributed by atoms with van der Waals surface area (Å²) in [5.74, 6) is 0.507. The Morgan fingerprint density at radius 3 is 2.27 bits per heavy atom. The lowest BCUT2D eigenvalue weighted by molar-refractivity contribution is -0.123. The molecule has 2 amide bonds. The number of rotatable bonds is 6. The van der Waals surface area contributed by atoms with Crippen molar-refractivity contribution in [1.82, 2.24) is 0 Å². The minimum atomic E-state index is -0.381. The Labute approximate surface area is 152 Å². The van der Waals surface area contributed by atoms with E-state index < -0.39 is 0 Å². The molecule has 1 aliphatic rings. The molecular weight excluding hydrogens is 332 g/mol. The highest BCUT2D eigenvalue weighted by Gasteiger charge is 2.16. The second-order valence-corrected chi connectivity index (χ2v) is 6.00. The fraction of sp³-hybridized carbons (Fsp3) is 0.300.